The van der Waals surface area contributed by atoms with Crippen LogP contribution in [-0.4, -0.2) is 10.5 Å². The van der Waals surface area contributed by atoms with E-state index in [0.717, 1.165) is 6.54 Å². The molecule has 1 heterocycles. The molecule has 1 saturated carbocycles. The predicted molar refractivity (Wildman–Crippen MR) is 60.4 cm³/mol. The van der Waals surface area contributed by atoms with Crippen LogP contribution in [0.3, 0.4) is 0 Å². The normalized spacial score (nSPS) is 20.9. The van der Waals surface area contributed by atoms with Crippen molar-refractivity contribution in [3.8, 4) is 0 Å². The van der Waals surface area contributed by atoms with E-state index in [4.69, 9.17) is 0 Å². The first kappa shape index (κ1) is 10.1. The lowest BCUT2D eigenvalue weighted by Crippen LogP contribution is -2.43. The molecule has 1 aromatic rings. The zero-order valence-electron chi connectivity index (χ0n) is 8.75. The van der Waals surface area contributed by atoms with E-state index in [-0.39, 0.29) is 0 Å². The average molecular weight is 210 g/mol. The largest absolute Gasteiger partial charge is 0.306 e. The van der Waals surface area contributed by atoms with E-state index in [1.165, 1.54) is 37.8 Å². The molecule has 3 heteroatoms. The van der Waals surface area contributed by atoms with Crippen molar-refractivity contribution in [3.05, 3.63) is 16.6 Å². The third-order valence-corrected chi connectivity index (χ3v) is 3.77. The van der Waals surface area contributed by atoms with Crippen molar-refractivity contribution in [2.75, 3.05) is 0 Å². The van der Waals surface area contributed by atoms with Gasteiger partial charge in [0.1, 0.15) is 0 Å². The van der Waals surface area contributed by atoms with Crippen LogP contribution in [0.5, 0.6) is 0 Å². The summed E-state index contributed by atoms with van der Waals surface area (Å²) in [5.41, 5.74) is 3.45. The molecule has 0 aliphatic heterocycles. The second-order valence-electron chi connectivity index (χ2n) is 4.45. The summed E-state index contributed by atoms with van der Waals surface area (Å²) in [6, 6.07) is 0. The first-order chi connectivity index (χ1) is 6.79. The minimum atomic E-state index is 0.363. The van der Waals surface area contributed by atoms with Crippen molar-refractivity contribution in [1.82, 2.24) is 10.3 Å². The Morgan fingerprint density at radius 2 is 2.21 bits per heavy atom. The van der Waals surface area contributed by atoms with Gasteiger partial charge in [-0.3, -0.25) is 0 Å². The summed E-state index contributed by atoms with van der Waals surface area (Å²) in [6.45, 7) is 3.28. The van der Waals surface area contributed by atoms with Crippen LogP contribution in [0.2, 0.25) is 0 Å². The number of nitrogens with one attached hydrogen (secondary N) is 1. The Kier molecular flexibility index (Phi) is 3.19. The Bertz CT molecular complexity index is 263. The highest BCUT2D eigenvalue weighted by Crippen LogP contribution is 2.27. The lowest BCUT2D eigenvalue weighted by Gasteiger charge is -2.34. The Morgan fingerprint density at radius 3 is 2.86 bits per heavy atom. The summed E-state index contributed by atoms with van der Waals surface area (Å²) in [6.07, 6.45) is 6.80. The molecule has 1 aliphatic carbocycles. The molecule has 0 amide bonds. The summed E-state index contributed by atoms with van der Waals surface area (Å²) < 4.78 is 0. The Morgan fingerprint density at radius 1 is 1.43 bits per heavy atom. The molecule has 1 N–H and O–H groups in total. The van der Waals surface area contributed by atoms with Gasteiger partial charge >= 0.3 is 0 Å². The number of nitrogens with zero attached hydrogens (tertiary/aromatic N) is 1. The van der Waals surface area contributed by atoms with Gasteiger partial charge in [0.25, 0.3) is 0 Å². The number of hydrogen-bond donors (Lipinski definition) is 1. The molecule has 1 aromatic heterocycles. The van der Waals surface area contributed by atoms with Crippen LogP contribution < -0.4 is 5.32 Å². The molecule has 0 bridgehead atoms. The van der Waals surface area contributed by atoms with Gasteiger partial charge in [-0.2, -0.15) is 0 Å². The van der Waals surface area contributed by atoms with Crippen molar-refractivity contribution in [1.29, 1.82) is 0 Å². The number of hydrogen-bond acceptors (Lipinski definition) is 3. The van der Waals surface area contributed by atoms with Gasteiger partial charge in [-0.15, -0.1) is 11.3 Å². The molecule has 0 radical (unpaired) electrons. The Balaban J connectivity index is 1.84. The molecule has 2 rings (SSSR count). The fourth-order valence-electron chi connectivity index (χ4n) is 2.14. The van der Waals surface area contributed by atoms with Crippen molar-refractivity contribution >= 4 is 11.3 Å². The lowest BCUT2D eigenvalue weighted by molar-refractivity contribution is 0.251. The van der Waals surface area contributed by atoms with Crippen LogP contribution in [0.1, 0.15) is 44.7 Å². The van der Waals surface area contributed by atoms with Crippen molar-refractivity contribution in [3.63, 3.8) is 0 Å². The van der Waals surface area contributed by atoms with Crippen LogP contribution in [0.25, 0.3) is 0 Å². The van der Waals surface area contributed by atoms with Crippen LogP contribution in [0, 0.1) is 0 Å². The highest BCUT2D eigenvalue weighted by Gasteiger charge is 2.25. The fourth-order valence-corrected chi connectivity index (χ4v) is 2.70. The van der Waals surface area contributed by atoms with Crippen molar-refractivity contribution < 1.29 is 0 Å². The molecule has 0 atom stereocenters. The van der Waals surface area contributed by atoms with Crippen LogP contribution in [0.15, 0.2) is 10.9 Å². The van der Waals surface area contributed by atoms with Crippen LogP contribution >= 0.6 is 11.3 Å². The van der Waals surface area contributed by atoms with Gasteiger partial charge in [0.15, 0.2) is 0 Å². The van der Waals surface area contributed by atoms with Gasteiger partial charge in [0.05, 0.1) is 11.2 Å². The summed E-state index contributed by atoms with van der Waals surface area (Å²) in [4.78, 5) is 4.29. The second kappa shape index (κ2) is 4.41. The maximum absolute atomic E-state index is 4.29. The quantitative estimate of drug-likeness (QED) is 0.829. The third-order valence-electron chi connectivity index (χ3n) is 3.14. The van der Waals surface area contributed by atoms with Gasteiger partial charge in [-0.05, 0) is 19.8 Å². The predicted octanol–water partition coefficient (Wildman–Crippen LogP) is 2.96. The summed E-state index contributed by atoms with van der Waals surface area (Å²) in [7, 11) is 0. The number of aromatic nitrogens is 1. The highest BCUT2D eigenvalue weighted by atomic mass is 32.1. The molecule has 14 heavy (non-hydrogen) atoms. The van der Waals surface area contributed by atoms with Gasteiger partial charge in [0.2, 0.25) is 0 Å². The van der Waals surface area contributed by atoms with Crippen molar-refractivity contribution in [2.45, 2.75) is 51.1 Å². The van der Waals surface area contributed by atoms with Crippen molar-refractivity contribution in [2.24, 2.45) is 0 Å². The highest BCUT2D eigenvalue weighted by molar-refractivity contribution is 7.07. The molecular formula is C11H18N2S. The third kappa shape index (κ3) is 2.55. The standard InChI is InChI=1S/C11H18N2S/c1-11(5-3-2-4-6-11)13-7-10-8-14-9-12-10/h8-9,13H,2-7H2,1H3. The van der Waals surface area contributed by atoms with E-state index >= 15 is 0 Å². The monoisotopic (exact) mass is 210 g/mol. The van der Waals surface area contributed by atoms with E-state index in [9.17, 15) is 0 Å². The lowest BCUT2D eigenvalue weighted by atomic mass is 9.83. The maximum atomic E-state index is 4.29. The maximum Gasteiger partial charge on any atom is 0.0795 e. The summed E-state index contributed by atoms with van der Waals surface area (Å²) >= 11 is 1.67. The smallest absolute Gasteiger partial charge is 0.0795 e. The zero-order chi connectivity index (χ0) is 9.86. The molecule has 1 fully saturated rings. The van der Waals surface area contributed by atoms with Crippen LogP contribution in [-0.2, 0) is 6.54 Å². The summed E-state index contributed by atoms with van der Waals surface area (Å²) in [5, 5.41) is 5.77. The first-order valence-electron chi connectivity index (χ1n) is 5.41. The van der Waals surface area contributed by atoms with Gasteiger partial charge in [0, 0.05) is 17.5 Å². The first-order valence-corrected chi connectivity index (χ1v) is 6.35. The van der Waals surface area contributed by atoms with Gasteiger partial charge in [-0.1, -0.05) is 19.3 Å². The van der Waals surface area contributed by atoms with Gasteiger partial charge in [-0.25, -0.2) is 4.98 Å². The topological polar surface area (TPSA) is 24.9 Å². The molecule has 1 aliphatic rings. The minimum Gasteiger partial charge on any atom is -0.306 e. The van der Waals surface area contributed by atoms with E-state index in [1.54, 1.807) is 11.3 Å². The van der Waals surface area contributed by atoms with E-state index in [2.05, 4.69) is 22.6 Å². The molecule has 0 spiro atoms. The molecule has 0 aromatic carbocycles. The van der Waals surface area contributed by atoms with Crippen LogP contribution in [0.4, 0.5) is 0 Å². The average Bonchev–Trinajstić information content (AvgIpc) is 2.69. The summed E-state index contributed by atoms with van der Waals surface area (Å²) in [5.74, 6) is 0. The SMILES string of the molecule is CC1(NCc2cscn2)CCCCC1. The molecule has 0 unspecified atom stereocenters. The molecule has 0 saturated heterocycles. The van der Waals surface area contributed by atoms with E-state index in [1.807, 2.05) is 5.51 Å². The molecule has 78 valence electrons. The Labute approximate surface area is 89.8 Å². The van der Waals surface area contributed by atoms with E-state index < -0.39 is 0 Å². The fraction of sp³-hybridized carbons (Fsp3) is 0.727. The van der Waals surface area contributed by atoms with E-state index in [0.29, 0.717) is 5.54 Å². The zero-order valence-corrected chi connectivity index (χ0v) is 9.57. The Hall–Kier alpha value is -0.410. The number of thiazole rings is 1. The second-order valence-corrected chi connectivity index (χ2v) is 5.17. The number of rotatable bonds is 3. The van der Waals surface area contributed by atoms with Gasteiger partial charge < -0.3 is 5.32 Å². The minimum absolute atomic E-state index is 0.363. The molecular weight excluding hydrogens is 192 g/mol. The molecule has 2 nitrogen and oxygen atoms in total.